The van der Waals surface area contributed by atoms with Crippen molar-refractivity contribution < 1.29 is 19.0 Å². The van der Waals surface area contributed by atoms with E-state index in [1.165, 1.54) is 6.08 Å². The Kier molecular flexibility index (Phi) is 10.2. The van der Waals surface area contributed by atoms with E-state index in [9.17, 15) is 10.1 Å². The number of carbonyl (C=O) groups excluding carboxylic acids is 1. The van der Waals surface area contributed by atoms with Crippen molar-refractivity contribution in [3.05, 3.63) is 98.6 Å². The molecule has 0 radical (unpaired) electrons. The predicted octanol–water partition coefficient (Wildman–Crippen LogP) is 7.03. The van der Waals surface area contributed by atoms with Gasteiger partial charge in [-0.2, -0.15) is 5.26 Å². The van der Waals surface area contributed by atoms with Crippen LogP contribution in [0.25, 0.3) is 6.08 Å². The second-order valence-corrected chi connectivity index (χ2v) is 9.02. The van der Waals surface area contributed by atoms with Crippen molar-refractivity contribution in [2.45, 2.75) is 13.5 Å². The molecule has 0 aliphatic rings. The van der Waals surface area contributed by atoms with Crippen LogP contribution in [0.5, 0.6) is 17.2 Å². The van der Waals surface area contributed by atoms with Crippen molar-refractivity contribution in [1.29, 1.82) is 5.26 Å². The Morgan fingerprint density at radius 1 is 1.11 bits per heavy atom. The van der Waals surface area contributed by atoms with Crippen LogP contribution >= 0.6 is 34.2 Å². The maximum atomic E-state index is 12.8. The molecule has 0 aromatic heterocycles. The molecule has 3 aromatic rings. The van der Waals surface area contributed by atoms with Crippen LogP contribution in [0.1, 0.15) is 18.1 Å². The molecule has 3 rings (SSSR count). The topological polar surface area (TPSA) is 80.6 Å². The summed E-state index contributed by atoms with van der Waals surface area (Å²) in [7, 11) is 0. The summed E-state index contributed by atoms with van der Waals surface area (Å²) in [6.07, 6.45) is 3.16. The fraction of sp³-hybridized carbons (Fsp3) is 0.143. The maximum absolute atomic E-state index is 12.8. The predicted molar refractivity (Wildman–Crippen MR) is 150 cm³/mol. The molecular formula is C28H24ClIN2O4. The zero-order valence-corrected chi connectivity index (χ0v) is 22.5. The molecule has 0 atom stereocenters. The molecule has 1 N–H and O–H groups in total. The average molecular weight is 615 g/mol. The van der Waals surface area contributed by atoms with Gasteiger partial charge in [-0.1, -0.05) is 36.4 Å². The quantitative estimate of drug-likeness (QED) is 0.109. The van der Waals surface area contributed by atoms with Gasteiger partial charge in [0, 0.05) is 10.7 Å². The van der Waals surface area contributed by atoms with Crippen molar-refractivity contribution in [3.8, 4) is 23.3 Å². The number of ether oxygens (including phenoxy) is 3. The standard InChI is InChI=1S/C28H24ClIN2O4/c1-3-13-35-27-25(30)15-20(16-26(27)34-4-2)14-21(17-31)28(33)32-23-9-11-24(12-10-23)36-18-19-5-7-22(29)8-6-19/h3,5-12,14-16H,1,4,13,18H2,2H3,(H,32,33)/b21-14+. The van der Waals surface area contributed by atoms with E-state index in [1.54, 1.807) is 36.4 Å². The van der Waals surface area contributed by atoms with E-state index >= 15 is 0 Å². The molecule has 0 spiro atoms. The third-order valence-electron chi connectivity index (χ3n) is 4.78. The number of anilines is 1. The number of nitrogens with zero attached hydrogens (tertiary/aromatic N) is 1. The first-order valence-electron chi connectivity index (χ1n) is 11.0. The van der Waals surface area contributed by atoms with Crippen molar-refractivity contribution in [1.82, 2.24) is 0 Å². The molecule has 0 unspecified atom stereocenters. The third kappa shape index (κ3) is 7.77. The summed E-state index contributed by atoms with van der Waals surface area (Å²) in [6.45, 7) is 6.70. The van der Waals surface area contributed by atoms with Crippen LogP contribution in [0.3, 0.4) is 0 Å². The van der Waals surface area contributed by atoms with Crippen LogP contribution in [0.4, 0.5) is 5.69 Å². The van der Waals surface area contributed by atoms with E-state index in [2.05, 4.69) is 34.5 Å². The van der Waals surface area contributed by atoms with E-state index in [4.69, 9.17) is 25.8 Å². The highest BCUT2D eigenvalue weighted by atomic mass is 127. The zero-order chi connectivity index (χ0) is 25.9. The Bertz CT molecular complexity index is 1280. The molecule has 0 saturated carbocycles. The van der Waals surface area contributed by atoms with Gasteiger partial charge in [0.05, 0.1) is 10.2 Å². The first-order valence-corrected chi connectivity index (χ1v) is 12.5. The lowest BCUT2D eigenvalue weighted by Crippen LogP contribution is -2.13. The number of carbonyl (C=O) groups is 1. The fourth-order valence-corrected chi connectivity index (χ4v) is 4.02. The monoisotopic (exact) mass is 614 g/mol. The number of hydrogen-bond donors (Lipinski definition) is 1. The highest BCUT2D eigenvalue weighted by Crippen LogP contribution is 2.35. The molecule has 36 heavy (non-hydrogen) atoms. The Morgan fingerprint density at radius 3 is 2.47 bits per heavy atom. The lowest BCUT2D eigenvalue weighted by molar-refractivity contribution is -0.112. The van der Waals surface area contributed by atoms with Gasteiger partial charge in [0.2, 0.25) is 0 Å². The summed E-state index contributed by atoms with van der Waals surface area (Å²) in [5.74, 6) is 1.25. The number of nitrogens with one attached hydrogen (secondary N) is 1. The van der Waals surface area contributed by atoms with Gasteiger partial charge in [-0.3, -0.25) is 4.79 Å². The second kappa shape index (κ2) is 13.6. The molecule has 184 valence electrons. The molecular weight excluding hydrogens is 591 g/mol. The van der Waals surface area contributed by atoms with Gasteiger partial charge in [-0.05, 0) is 95.2 Å². The summed E-state index contributed by atoms with van der Waals surface area (Å²) < 4.78 is 18.0. The van der Waals surface area contributed by atoms with Gasteiger partial charge in [0.1, 0.15) is 30.6 Å². The Balaban J connectivity index is 1.69. The van der Waals surface area contributed by atoms with E-state index in [-0.39, 0.29) is 5.57 Å². The van der Waals surface area contributed by atoms with Crippen LogP contribution in [0.15, 0.2) is 78.9 Å². The maximum Gasteiger partial charge on any atom is 0.266 e. The molecule has 1 amide bonds. The molecule has 0 aliphatic carbocycles. The summed E-state index contributed by atoms with van der Waals surface area (Å²) in [5, 5.41) is 13.0. The second-order valence-electron chi connectivity index (χ2n) is 7.43. The van der Waals surface area contributed by atoms with Gasteiger partial charge < -0.3 is 19.5 Å². The lowest BCUT2D eigenvalue weighted by Gasteiger charge is -2.14. The molecule has 3 aromatic carbocycles. The van der Waals surface area contributed by atoms with Crippen molar-refractivity contribution in [3.63, 3.8) is 0 Å². The summed E-state index contributed by atoms with van der Waals surface area (Å²) in [4.78, 5) is 12.8. The van der Waals surface area contributed by atoms with E-state index in [0.29, 0.717) is 53.3 Å². The Hall–Kier alpha value is -3.48. The molecule has 0 saturated heterocycles. The minimum Gasteiger partial charge on any atom is -0.490 e. The molecule has 0 aliphatic heterocycles. The minimum atomic E-state index is -0.521. The van der Waals surface area contributed by atoms with Gasteiger partial charge in [-0.15, -0.1) is 0 Å². The number of hydrogen-bond acceptors (Lipinski definition) is 5. The van der Waals surface area contributed by atoms with Crippen molar-refractivity contribution >= 4 is 51.9 Å². The smallest absolute Gasteiger partial charge is 0.266 e. The van der Waals surface area contributed by atoms with E-state index < -0.39 is 5.91 Å². The SMILES string of the molecule is C=CCOc1c(I)cc(/C=C(\C#N)C(=O)Nc2ccc(OCc3ccc(Cl)cc3)cc2)cc1OCC. The third-order valence-corrected chi connectivity index (χ3v) is 5.84. The molecule has 0 bridgehead atoms. The van der Waals surface area contributed by atoms with Gasteiger partial charge in [-0.25, -0.2) is 0 Å². The van der Waals surface area contributed by atoms with Crippen LogP contribution < -0.4 is 19.5 Å². The summed E-state index contributed by atoms with van der Waals surface area (Å²) >= 11 is 8.03. The number of benzene rings is 3. The van der Waals surface area contributed by atoms with Gasteiger partial charge >= 0.3 is 0 Å². The highest BCUT2D eigenvalue weighted by molar-refractivity contribution is 14.1. The van der Waals surface area contributed by atoms with Gasteiger partial charge in [0.15, 0.2) is 11.5 Å². The number of halogens is 2. The van der Waals surface area contributed by atoms with Crippen molar-refractivity contribution in [2.75, 3.05) is 18.5 Å². The van der Waals surface area contributed by atoms with Crippen LogP contribution in [0, 0.1) is 14.9 Å². The summed E-state index contributed by atoms with van der Waals surface area (Å²) in [6, 6.07) is 19.9. The summed E-state index contributed by atoms with van der Waals surface area (Å²) in [5.41, 5.74) is 2.13. The number of rotatable bonds is 11. The van der Waals surface area contributed by atoms with Crippen molar-refractivity contribution in [2.24, 2.45) is 0 Å². The van der Waals surface area contributed by atoms with Crippen LogP contribution in [0.2, 0.25) is 5.02 Å². The zero-order valence-electron chi connectivity index (χ0n) is 19.6. The fourth-order valence-electron chi connectivity index (χ4n) is 3.11. The number of amides is 1. The highest BCUT2D eigenvalue weighted by Gasteiger charge is 2.14. The normalized spacial score (nSPS) is 10.8. The minimum absolute atomic E-state index is 0.0453. The van der Waals surface area contributed by atoms with E-state index in [0.717, 1.165) is 9.13 Å². The Labute approximate surface area is 229 Å². The van der Waals surface area contributed by atoms with Crippen LogP contribution in [-0.2, 0) is 11.4 Å². The molecule has 8 heteroatoms. The van der Waals surface area contributed by atoms with Crippen LogP contribution in [-0.4, -0.2) is 19.1 Å². The molecule has 0 heterocycles. The Morgan fingerprint density at radius 2 is 1.83 bits per heavy atom. The lowest BCUT2D eigenvalue weighted by atomic mass is 10.1. The number of nitriles is 1. The van der Waals surface area contributed by atoms with E-state index in [1.807, 2.05) is 43.3 Å². The first kappa shape index (κ1) is 27.1. The molecule has 6 nitrogen and oxygen atoms in total. The molecule has 0 fully saturated rings. The average Bonchev–Trinajstić information content (AvgIpc) is 2.87. The largest absolute Gasteiger partial charge is 0.490 e. The van der Waals surface area contributed by atoms with Gasteiger partial charge in [0.25, 0.3) is 5.91 Å². The first-order chi connectivity index (χ1) is 17.4.